The Labute approximate surface area is 169 Å². The third-order valence-electron chi connectivity index (χ3n) is 3.64. The number of hydrogen-bond donors (Lipinski definition) is 3. The Hall–Kier alpha value is -3.11. The summed E-state index contributed by atoms with van der Waals surface area (Å²) in [7, 11) is -4.14. The van der Waals surface area contributed by atoms with Crippen molar-refractivity contribution in [1.29, 1.82) is 0 Å². The molecule has 0 unspecified atom stereocenters. The standard InChI is InChI=1S/C19H23N3O6S/c1-4-27-16-11-10-15(12-17(16)28-5-2)29(25,26)22-21-19(24)18(23)20-14-8-6-13(3)7-9-14/h6-12,22H,4-5H2,1-3H3,(H,20,23)(H,21,24). The minimum atomic E-state index is -4.14. The molecule has 0 aliphatic heterocycles. The number of carbonyl (C=O) groups excluding carboxylic acids is 2. The largest absolute Gasteiger partial charge is 0.490 e. The van der Waals surface area contributed by atoms with Gasteiger partial charge in [-0.1, -0.05) is 17.7 Å². The van der Waals surface area contributed by atoms with Gasteiger partial charge < -0.3 is 14.8 Å². The third kappa shape index (κ3) is 6.19. The quantitative estimate of drug-likeness (QED) is 0.441. The second kappa shape index (κ2) is 9.89. The van der Waals surface area contributed by atoms with Gasteiger partial charge in [-0.05, 0) is 45.0 Å². The van der Waals surface area contributed by atoms with Gasteiger partial charge in [-0.3, -0.25) is 15.0 Å². The predicted molar refractivity (Wildman–Crippen MR) is 107 cm³/mol. The van der Waals surface area contributed by atoms with Crippen LogP contribution in [0, 0.1) is 6.92 Å². The minimum absolute atomic E-state index is 0.163. The molecule has 0 aliphatic carbocycles. The molecule has 0 spiro atoms. The number of hydrazine groups is 1. The maximum Gasteiger partial charge on any atom is 0.324 e. The molecule has 0 aromatic heterocycles. The fourth-order valence-electron chi connectivity index (χ4n) is 2.25. The van der Waals surface area contributed by atoms with Crippen LogP contribution in [0.15, 0.2) is 47.4 Å². The fraction of sp³-hybridized carbons (Fsp3) is 0.263. The molecule has 10 heteroatoms. The van der Waals surface area contributed by atoms with E-state index in [-0.39, 0.29) is 10.6 Å². The number of hydrogen-bond acceptors (Lipinski definition) is 6. The van der Waals surface area contributed by atoms with Gasteiger partial charge in [0.15, 0.2) is 11.5 Å². The second-order valence-electron chi connectivity index (χ2n) is 5.85. The van der Waals surface area contributed by atoms with Crippen molar-refractivity contribution in [3.8, 4) is 11.5 Å². The molecule has 0 saturated heterocycles. The molecule has 2 amide bonds. The van der Waals surface area contributed by atoms with E-state index in [1.165, 1.54) is 18.2 Å². The number of carbonyl (C=O) groups is 2. The van der Waals surface area contributed by atoms with E-state index in [2.05, 4.69) is 5.32 Å². The van der Waals surface area contributed by atoms with Crippen LogP contribution in [-0.4, -0.2) is 33.4 Å². The number of anilines is 1. The van der Waals surface area contributed by atoms with Crippen LogP contribution in [0.3, 0.4) is 0 Å². The third-order valence-corrected chi connectivity index (χ3v) is 4.89. The van der Waals surface area contributed by atoms with E-state index in [1.807, 2.05) is 17.2 Å². The van der Waals surface area contributed by atoms with Crippen molar-refractivity contribution < 1.29 is 27.5 Å². The van der Waals surface area contributed by atoms with E-state index in [1.54, 1.807) is 38.1 Å². The van der Waals surface area contributed by atoms with Crippen molar-refractivity contribution in [3.05, 3.63) is 48.0 Å². The zero-order valence-corrected chi connectivity index (χ0v) is 17.1. The van der Waals surface area contributed by atoms with Crippen LogP contribution in [-0.2, 0) is 19.6 Å². The molecule has 0 radical (unpaired) electrons. The SMILES string of the molecule is CCOc1ccc(S(=O)(=O)NNC(=O)C(=O)Nc2ccc(C)cc2)cc1OCC. The maximum atomic E-state index is 12.4. The smallest absolute Gasteiger partial charge is 0.324 e. The topological polar surface area (TPSA) is 123 Å². The van der Waals surface area contributed by atoms with E-state index in [4.69, 9.17) is 9.47 Å². The van der Waals surface area contributed by atoms with Gasteiger partial charge in [-0.15, -0.1) is 4.83 Å². The van der Waals surface area contributed by atoms with Gasteiger partial charge >= 0.3 is 11.8 Å². The summed E-state index contributed by atoms with van der Waals surface area (Å²) < 4.78 is 35.6. The van der Waals surface area contributed by atoms with Crippen molar-refractivity contribution in [1.82, 2.24) is 10.3 Å². The van der Waals surface area contributed by atoms with Crippen LogP contribution in [0.25, 0.3) is 0 Å². The Morgan fingerprint density at radius 3 is 2.14 bits per heavy atom. The Kier molecular flexibility index (Phi) is 7.57. The molecule has 2 rings (SSSR count). The van der Waals surface area contributed by atoms with E-state index >= 15 is 0 Å². The van der Waals surface area contributed by atoms with Crippen LogP contribution in [0.1, 0.15) is 19.4 Å². The van der Waals surface area contributed by atoms with Crippen LogP contribution in [0.2, 0.25) is 0 Å². The molecule has 0 bridgehead atoms. The molecule has 0 fully saturated rings. The summed E-state index contributed by atoms with van der Waals surface area (Å²) in [4.78, 5) is 25.5. The molecule has 3 N–H and O–H groups in total. The number of rotatable bonds is 8. The van der Waals surface area contributed by atoms with Gasteiger partial charge in [-0.25, -0.2) is 8.42 Å². The zero-order chi connectivity index (χ0) is 21.4. The summed E-state index contributed by atoms with van der Waals surface area (Å²) in [6.45, 7) is 6.12. The normalized spacial score (nSPS) is 10.9. The lowest BCUT2D eigenvalue weighted by molar-refractivity contribution is -0.136. The van der Waals surface area contributed by atoms with Crippen molar-refractivity contribution in [2.75, 3.05) is 18.5 Å². The monoisotopic (exact) mass is 421 g/mol. The first-order valence-electron chi connectivity index (χ1n) is 8.86. The molecule has 9 nitrogen and oxygen atoms in total. The molecule has 0 aliphatic rings. The summed E-state index contributed by atoms with van der Waals surface area (Å²) in [5.41, 5.74) is 3.28. The number of ether oxygens (including phenoxy) is 2. The van der Waals surface area contributed by atoms with Crippen molar-refractivity contribution in [3.63, 3.8) is 0 Å². The average molecular weight is 421 g/mol. The van der Waals surface area contributed by atoms with Gasteiger partial charge in [0, 0.05) is 11.8 Å². The van der Waals surface area contributed by atoms with Crippen molar-refractivity contribution >= 4 is 27.5 Å². The number of amides is 2. The highest BCUT2D eigenvalue weighted by atomic mass is 32.2. The summed E-state index contributed by atoms with van der Waals surface area (Å²) in [5.74, 6) is -1.53. The molecular weight excluding hydrogens is 398 g/mol. The first-order chi connectivity index (χ1) is 13.8. The highest BCUT2D eigenvalue weighted by Gasteiger charge is 2.21. The molecule has 29 heavy (non-hydrogen) atoms. The molecule has 156 valence electrons. The van der Waals surface area contributed by atoms with Gasteiger partial charge in [0.25, 0.3) is 10.0 Å². The molecule has 2 aromatic carbocycles. The lowest BCUT2D eigenvalue weighted by Crippen LogP contribution is -2.46. The molecule has 0 heterocycles. The summed E-state index contributed by atoms with van der Waals surface area (Å²) in [6, 6.07) is 10.8. The molecular formula is C19H23N3O6S. The number of benzene rings is 2. The van der Waals surface area contributed by atoms with E-state index in [9.17, 15) is 18.0 Å². The van der Waals surface area contributed by atoms with Crippen LogP contribution >= 0.6 is 0 Å². The highest BCUT2D eigenvalue weighted by Crippen LogP contribution is 2.30. The Balaban J connectivity index is 2.04. The lowest BCUT2D eigenvalue weighted by atomic mass is 10.2. The Bertz CT molecular complexity index is 974. The molecule has 0 saturated carbocycles. The summed E-state index contributed by atoms with van der Waals surface area (Å²) in [5, 5.41) is 2.37. The first kappa shape index (κ1) is 22.2. The maximum absolute atomic E-state index is 12.4. The Morgan fingerprint density at radius 2 is 1.52 bits per heavy atom. The molecule has 0 atom stereocenters. The average Bonchev–Trinajstić information content (AvgIpc) is 2.69. The van der Waals surface area contributed by atoms with Gasteiger partial charge in [0.05, 0.1) is 18.1 Å². The van der Waals surface area contributed by atoms with Crippen molar-refractivity contribution in [2.45, 2.75) is 25.7 Å². The first-order valence-corrected chi connectivity index (χ1v) is 10.3. The van der Waals surface area contributed by atoms with Gasteiger partial charge in [0.2, 0.25) is 0 Å². The van der Waals surface area contributed by atoms with Gasteiger partial charge in [-0.2, -0.15) is 0 Å². The number of aryl methyl sites for hydroxylation is 1. The van der Waals surface area contributed by atoms with Crippen molar-refractivity contribution in [2.24, 2.45) is 0 Å². The Morgan fingerprint density at radius 1 is 0.897 bits per heavy atom. The number of sulfonamides is 1. The lowest BCUT2D eigenvalue weighted by Gasteiger charge is -2.13. The predicted octanol–water partition coefficient (Wildman–Crippen LogP) is 1.74. The summed E-state index contributed by atoms with van der Waals surface area (Å²) in [6.07, 6.45) is 0. The fourth-order valence-corrected chi connectivity index (χ4v) is 3.11. The summed E-state index contributed by atoms with van der Waals surface area (Å²) >= 11 is 0. The van der Waals surface area contributed by atoms with E-state index < -0.39 is 21.8 Å². The van der Waals surface area contributed by atoms with E-state index in [0.717, 1.165) is 5.56 Å². The zero-order valence-electron chi connectivity index (χ0n) is 16.3. The highest BCUT2D eigenvalue weighted by molar-refractivity contribution is 7.89. The van der Waals surface area contributed by atoms with Crippen LogP contribution in [0.5, 0.6) is 11.5 Å². The van der Waals surface area contributed by atoms with Gasteiger partial charge in [0.1, 0.15) is 0 Å². The van der Waals surface area contributed by atoms with Crippen LogP contribution < -0.4 is 25.0 Å². The number of nitrogens with one attached hydrogen (secondary N) is 3. The minimum Gasteiger partial charge on any atom is -0.490 e. The van der Waals surface area contributed by atoms with E-state index in [0.29, 0.717) is 24.7 Å². The van der Waals surface area contributed by atoms with Crippen LogP contribution in [0.4, 0.5) is 5.69 Å². The second-order valence-corrected chi connectivity index (χ2v) is 7.54. The molecule has 2 aromatic rings.